The molecule has 1 aromatic carbocycles. The van der Waals surface area contributed by atoms with E-state index in [2.05, 4.69) is 25.7 Å². The fourth-order valence-electron chi connectivity index (χ4n) is 5.45. The van der Waals surface area contributed by atoms with Crippen molar-refractivity contribution in [1.82, 2.24) is 14.0 Å². The Balaban J connectivity index is 1.30. The molecule has 2 aromatic rings. The molecule has 218 valence electrons. The first kappa shape index (κ1) is 29.8. The van der Waals surface area contributed by atoms with Crippen molar-refractivity contribution in [2.45, 2.75) is 96.2 Å². The number of carbonyl (C=O) groups excluding carboxylic acids is 1. The molecule has 2 aliphatic rings. The van der Waals surface area contributed by atoms with E-state index in [1.165, 1.54) is 10.5 Å². The third kappa shape index (κ3) is 7.32. The van der Waals surface area contributed by atoms with Crippen molar-refractivity contribution >= 4 is 25.2 Å². The number of hydrogen-bond donors (Lipinski definition) is 0. The van der Waals surface area contributed by atoms with E-state index in [-0.39, 0.29) is 19.0 Å². The first-order valence-corrected chi connectivity index (χ1v) is 17.9. The number of imidazole rings is 1. The molecule has 1 aliphatic heterocycles. The number of aryl methyl sites for hydroxylation is 1. The fourth-order valence-corrected chi connectivity index (χ4v) is 6.21. The van der Waals surface area contributed by atoms with Crippen molar-refractivity contribution in [3.8, 4) is 0 Å². The summed E-state index contributed by atoms with van der Waals surface area (Å²) in [4.78, 5) is 26.7. The first-order chi connectivity index (χ1) is 18.2. The Morgan fingerprint density at radius 2 is 1.90 bits per heavy atom. The number of fused-ring (bicyclic) bond motifs is 1. The van der Waals surface area contributed by atoms with Crippen molar-refractivity contribution < 1.29 is 23.4 Å². The second-order valence-corrected chi connectivity index (χ2v) is 19.1. The first-order valence-electron chi connectivity index (χ1n) is 14.2. The van der Waals surface area contributed by atoms with Gasteiger partial charge in [0.15, 0.2) is 0 Å². The zero-order valence-electron chi connectivity index (χ0n) is 24.7. The minimum absolute atomic E-state index is 0.00173. The SMILES string of the molecule is Cn1c(=O)n(COCC[Si](C)(C)C)c2cccc([C@H]3C[C@H](CO[C@H]4CCN(C(=O)OC(C)(C)C)C[C@@H]4F)C3)c21. The average Bonchev–Trinajstić information content (AvgIpc) is 3.05. The third-order valence-corrected chi connectivity index (χ3v) is 9.47. The standard InChI is InChI=1S/C29H46FN3O5Si/c1-29(2,3)38-28(35)32-12-11-25(23(30)17-32)37-18-20-15-21(16-20)22-9-8-10-24-26(22)31(4)27(34)33(24)19-36-13-14-39(5,6)7/h8-10,20-21,23,25H,11-19H2,1-7H3/t20-,21-,23-,25-/m0/s1. The van der Waals surface area contributed by atoms with Gasteiger partial charge < -0.3 is 19.1 Å². The molecule has 1 amide bonds. The lowest BCUT2D eigenvalue weighted by molar-refractivity contribution is -0.0693. The van der Waals surface area contributed by atoms with Gasteiger partial charge in [-0.3, -0.25) is 9.13 Å². The number of aromatic nitrogens is 2. The molecule has 0 bridgehead atoms. The maximum atomic E-state index is 14.8. The molecule has 1 saturated heterocycles. The molecule has 8 nitrogen and oxygen atoms in total. The predicted molar refractivity (Wildman–Crippen MR) is 154 cm³/mol. The van der Waals surface area contributed by atoms with E-state index in [4.69, 9.17) is 14.2 Å². The lowest BCUT2D eigenvalue weighted by atomic mass is 9.71. The molecule has 4 rings (SSSR count). The third-order valence-electron chi connectivity index (χ3n) is 7.76. The van der Waals surface area contributed by atoms with Gasteiger partial charge in [-0.15, -0.1) is 0 Å². The zero-order chi connectivity index (χ0) is 28.5. The molecule has 0 unspecified atom stereocenters. The minimum atomic E-state index is -1.22. The molecule has 0 N–H and O–H groups in total. The molecular weight excluding hydrogens is 517 g/mol. The highest BCUT2D eigenvalue weighted by Crippen LogP contribution is 2.44. The van der Waals surface area contributed by atoms with Crippen LogP contribution >= 0.6 is 0 Å². The van der Waals surface area contributed by atoms with Crippen molar-refractivity contribution in [3.63, 3.8) is 0 Å². The molecule has 2 heterocycles. The second kappa shape index (κ2) is 11.7. The van der Waals surface area contributed by atoms with Gasteiger partial charge in [-0.05, 0) is 69.5 Å². The smallest absolute Gasteiger partial charge is 0.410 e. The maximum Gasteiger partial charge on any atom is 0.410 e. The summed E-state index contributed by atoms with van der Waals surface area (Å²) in [6.45, 7) is 14.2. The Kier molecular flexibility index (Phi) is 8.97. The summed E-state index contributed by atoms with van der Waals surface area (Å²) in [5.41, 5.74) is 2.40. The monoisotopic (exact) mass is 563 g/mol. The molecular formula is C29H46FN3O5Si. The van der Waals surface area contributed by atoms with Crippen molar-refractivity contribution in [2.24, 2.45) is 13.0 Å². The van der Waals surface area contributed by atoms with E-state index in [1.807, 2.05) is 19.2 Å². The lowest BCUT2D eigenvalue weighted by Gasteiger charge is -2.39. The van der Waals surface area contributed by atoms with Crippen LogP contribution in [0, 0.1) is 5.92 Å². The summed E-state index contributed by atoms with van der Waals surface area (Å²) in [6, 6.07) is 7.19. The fraction of sp³-hybridized carbons (Fsp3) is 0.724. The van der Waals surface area contributed by atoms with E-state index in [0.717, 1.165) is 29.9 Å². The van der Waals surface area contributed by atoms with E-state index < -0.39 is 32.0 Å². The van der Waals surface area contributed by atoms with E-state index in [0.29, 0.717) is 38.0 Å². The number of halogens is 1. The molecule has 2 atom stereocenters. The molecule has 0 spiro atoms. The molecule has 1 aliphatic carbocycles. The Morgan fingerprint density at radius 1 is 1.18 bits per heavy atom. The van der Waals surface area contributed by atoms with Crippen LogP contribution in [0.5, 0.6) is 0 Å². The predicted octanol–water partition coefficient (Wildman–Crippen LogP) is 5.51. The Morgan fingerprint density at radius 3 is 2.54 bits per heavy atom. The number of para-hydroxylation sites is 1. The minimum Gasteiger partial charge on any atom is -0.444 e. The van der Waals surface area contributed by atoms with Crippen molar-refractivity contribution in [1.29, 1.82) is 0 Å². The number of benzene rings is 1. The van der Waals surface area contributed by atoms with Crippen LogP contribution in [0.3, 0.4) is 0 Å². The molecule has 1 saturated carbocycles. The van der Waals surface area contributed by atoms with Crippen LogP contribution < -0.4 is 5.69 Å². The molecule has 2 fully saturated rings. The van der Waals surface area contributed by atoms with Crippen molar-refractivity contribution in [3.05, 3.63) is 34.2 Å². The number of likely N-dealkylation sites (tertiary alicyclic amines) is 1. The van der Waals surface area contributed by atoms with Crippen LogP contribution in [0.2, 0.25) is 25.7 Å². The molecule has 39 heavy (non-hydrogen) atoms. The summed E-state index contributed by atoms with van der Waals surface area (Å²) >= 11 is 0. The summed E-state index contributed by atoms with van der Waals surface area (Å²) in [7, 11) is 0.638. The highest BCUT2D eigenvalue weighted by atomic mass is 28.3. The van der Waals surface area contributed by atoms with Gasteiger partial charge in [-0.1, -0.05) is 31.8 Å². The summed E-state index contributed by atoms with van der Waals surface area (Å²) in [5.74, 6) is 0.692. The number of alkyl halides is 1. The van der Waals surface area contributed by atoms with E-state index >= 15 is 0 Å². The quantitative estimate of drug-likeness (QED) is 0.297. The van der Waals surface area contributed by atoms with Gasteiger partial charge in [-0.25, -0.2) is 14.0 Å². The Hall–Kier alpha value is -2.17. The van der Waals surface area contributed by atoms with E-state index in [9.17, 15) is 14.0 Å². The summed E-state index contributed by atoms with van der Waals surface area (Å²) in [6.07, 6.45) is 0.157. The molecule has 1 aromatic heterocycles. The average molecular weight is 564 g/mol. The number of rotatable bonds is 9. The highest BCUT2D eigenvalue weighted by Gasteiger charge is 2.37. The Bertz CT molecular complexity index is 1210. The van der Waals surface area contributed by atoms with Gasteiger partial charge in [0.05, 0.1) is 23.7 Å². The lowest BCUT2D eigenvalue weighted by Crippen LogP contribution is -2.50. The number of ether oxygens (including phenoxy) is 3. The largest absolute Gasteiger partial charge is 0.444 e. The second-order valence-electron chi connectivity index (χ2n) is 13.5. The molecule has 10 heteroatoms. The summed E-state index contributed by atoms with van der Waals surface area (Å²) < 4.78 is 35.6. The number of piperidine rings is 1. The van der Waals surface area contributed by atoms with Gasteiger partial charge in [-0.2, -0.15) is 0 Å². The van der Waals surface area contributed by atoms with Crippen LogP contribution in [0.25, 0.3) is 11.0 Å². The van der Waals surface area contributed by atoms with Gasteiger partial charge in [0.2, 0.25) is 0 Å². The maximum absolute atomic E-state index is 14.8. The number of amides is 1. The van der Waals surface area contributed by atoms with Crippen LogP contribution in [-0.2, 0) is 28.0 Å². The molecule has 0 radical (unpaired) electrons. The van der Waals surface area contributed by atoms with Gasteiger partial charge in [0.1, 0.15) is 18.5 Å². The number of hydrogen-bond acceptors (Lipinski definition) is 5. The zero-order valence-corrected chi connectivity index (χ0v) is 25.7. The van der Waals surface area contributed by atoms with Gasteiger partial charge in [0, 0.05) is 34.9 Å². The van der Waals surface area contributed by atoms with Crippen LogP contribution in [0.1, 0.15) is 51.5 Å². The van der Waals surface area contributed by atoms with E-state index in [1.54, 1.807) is 29.9 Å². The highest BCUT2D eigenvalue weighted by molar-refractivity contribution is 6.76. The summed E-state index contributed by atoms with van der Waals surface area (Å²) in [5, 5.41) is 0. The Labute approximate surface area is 232 Å². The van der Waals surface area contributed by atoms with Crippen LogP contribution in [0.15, 0.2) is 23.0 Å². The van der Waals surface area contributed by atoms with Gasteiger partial charge in [0.25, 0.3) is 0 Å². The van der Waals surface area contributed by atoms with Gasteiger partial charge >= 0.3 is 11.8 Å². The normalized spacial score (nSPS) is 24.2. The number of carbonyl (C=O) groups is 1. The van der Waals surface area contributed by atoms with Crippen molar-refractivity contribution in [2.75, 3.05) is 26.3 Å². The topological polar surface area (TPSA) is 74.9 Å². The number of nitrogens with zero attached hydrogens (tertiary/aromatic N) is 3. The van der Waals surface area contributed by atoms with Crippen LogP contribution in [-0.4, -0.2) is 72.4 Å². The van der Waals surface area contributed by atoms with Crippen LogP contribution in [0.4, 0.5) is 9.18 Å².